The topological polar surface area (TPSA) is 128 Å². The van der Waals surface area contributed by atoms with Crippen molar-refractivity contribution in [3.63, 3.8) is 0 Å². The summed E-state index contributed by atoms with van der Waals surface area (Å²) in [4.78, 5) is 34.5. The monoisotopic (exact) mass is 476 g/mol. The Kier molecular flexibility index (Phi) is 7.64. The molecule has 0 fully saturated rings. The third-order valence-electron chi connectivity index (χ3n) is 4.40. The fourth-order valence-electron chi connectivity index (χ4n) is 2.90. The normalized spacial score (nSPS) is 10.8. The number of nitrogens with one attached hydrogen (secondary N) is 1. The van der Waals surface area contributed by atoms with E-state index in [2.05, 4.69) is 20.3 Å². The molecular weight excluding hydrogens is 455 g/mol. The molecule has 1 N–H and O–H groups in total. The number of rotatable bonds is 11. The average Bonchev–Trinajstić information content (AvgIpc) is 3.22. The van der Waals surface area contributed by atoms with E-state index in [0.29, 0.717) is 49.7 Å². The summed E-state index contributed by atoms with van der Waals surface area (Å²) in [5, 5.41) is 21.2. The first-order chi connectivity index (χ1) is 14.5. The molecule has 0 saturated heterocycles. The number of hydrogen-bond acceptors (Lipinski definition) is 7. The molecule has 0 bridgehead atoms. The van der Waals surface area contributed by atoms with Gasteiger partial charge in [0.1, 0.15) is 0 Å². The first-order valence-electron chi connectivity index (χ1n) is 9.45. The number of benzene rings is 2. The van der Waals surface area contributed by atoms with Gasteiger partial charge in [0.2, 0.25) is 0 Å². The van der Waals surface area contributed by atoms with Crippen molar-refractivity contribution in [2.45, 2.75) is 32.1 Å². The van der Waals surface area contributed by atoms with Crippen molar-refractivity contribution in [3.8, 4) is 0 Å². The van der Waals surface area contributed by atoms with Gasteiger partial charge >= 0.3 is 153 Å². The molecule has 3 aromatic rings. The molecule has 0 aliphatic heterocycles. The molecule has 0 aliphatic carbocycles. The van der Waals surface area contributed by atoms with Crippen LogP contribution in [0.3, 0.4) is 0 Å². The maximum atomic E-state index is 12.0. The number of nitro benzene ring substituents is 1. The molecule has 156 valence electrons. The zero-order valence-electron chi connectivity index (χ0n) is 16.1. The molecule has 10 heteroatoms. The van der Waals surface area contributed by atoms with Crippen LogP contribution in [0.4, 0.5) is 5.69 Å². The summed E-state index contributed by atoms with van der Waals surface area (Å²) >= 11 is -0.171. The van der Waals surface area contributed by atoms with Crippen molar-refractivity contribution in [3.05, 3.63) is 58.1 Å². The molecule has 30 heavy (non-hydrogen) atoms. The zero-order valence-corrected chi connectivity index (χ0v) is 17.8. The Labute approximate surface area is 178 Å². The molecule has 1 amide bonds. The SMILES string of the molecule is O=C(CCCCC(=O)[Se]c1ccccc1)NCCc1ccc([N+](=O)[O-])c2nonc12. The first-order valence-corrected chi connectivity index (χ1v) is 11.2. The third kappa shape index (κ3) is 5.95. The van der Waals surface area contributed by atoms with E-state index in [9.17, 15) is 19.7 Å². The van der Waals surface area contributed by atoms with Crippen LogP contribution < -0.4 is 9.78 Å². The number of nitrogens with zero attached hydrogens (tertiary/aromatic N) is 3. The minimum atomic E-state index is -0.538. The Morgan fingerprint density at radius 2 is 1.77 bits per heavy atom. The van der Waals surface area contributed by atoms with Crippen molar-refractivity contribution in [2.75, 3.05) is 6.54 Å². The Morgan fingerprint density at radius 1 is 1.03 bits per heavy atom. The van der Waals surface area contributed by atoms with Crippen LogP contribution in [0, 0.1) is 10.1 Å². The van der Waals surface area contributed by atoms with Gasteiger partial charge in [-0.05, 0) is 5.16 Å². The first kappa shape index (κ1) is 21.6. The van der Waals surface area contributed by atoms with Crippen molar-refractivity contribution < 1.29 is 19.1 Å². The van der Waals surface area contributed by atoms with Crippen molar-refractivity contribution in [2.24, 2.45) is 0 Å². The summed E-state index contributed by atoms with van der Waals surface area (Å²) in [5.41, 5.74) is 0.982. The van der Waals surface area contributed by atoms with Crippen LogP contribution in [-0.2, 0) is 16.0 Å². The summed E-state index contributed by atoms with van der Waals surface area (Å²) in [6, 6.07) is 12.6. The van der Waals surface area contributed by atoms with Crippen LogP contribution in [0.1, 0.15) is 31.2 Å². The molecule has 0 unspecified atom stereocenters. The van der Waals surface area contributed by atoms with Gasteiger partial charge in [-0.3, -0.25) is 10.1 Å². The Balaban J connectivity index is 1.36. The van der Waals surface area contributed by atoms with Gasteiger partial charge in [-0.25, -0.2) is 4.63 Å². The van der Waals surface area contributed by atoms with Crippen molar-refractivity contribution in [1.82, 2.24) is 15.6 Å². The summed E-state index contributed by atoms with van der Waals surface area (Å²) in [6.45, 7) is 0.370. The minimum absolute atomic E-state index is 0.0903. The standard InChI is InChI=1S/C20H20N4O5Se/c25-17(8-4-5-9-18(26)30-15-6-2-1-3-7-15)21-13-12-14-10-11-16(24(27)28)20-19(14)22-29-23-20/h1-3,6-7,10-11H,4-5,8-9,12-13H2,(H,21,25). The van der Waals surface area contributed by atoms with Gasteiger partial charge in [0, 0.05) is 0 Å². The van der Waals surface area contributed by atoms with E-state index in [1.165, 1.54) is 6.07 Å². The zero-order chi connectivity index (χ0) is 21.3. The number of aromatic nitrogens is 2. The predicted octanol–water partition coefficient (Wildman–Crippen LogP) is 1.91. The summed E-state index contributed by atoms with van der Waals surface area (Å²) in [5.74, 6) is -0.0903. The van der Waals surface area contributed by atoms with Gasteiger partial charge in [0.25, 0.3) is 0 Å². The van der Waals surface area contributed by atoms with Gasteiger partial charge in [0.05, 0.1) is 4.92 Å². The molecule has 0 radical (unpaired) electrons. The van der Waals surface area contributed by atoms with Gasteiger partial charge in [-0.2, -0.15) is 0 Å². The van der Waals surface area contributed by atoms with Crippen molar-refractivity contribution in [1.29, 1.82) is 0 Å². The molecular formula is C20H20N4O5Se. The molecule has 3 rings (SSSR count). The number of carbonyl (C=O) groups is 2. The van der Waals surface area contributed by atoms with Gasteiger partial charge in [0.15, 0.2) is 0 Å². The summed E-state index contributed by atoms with van der Waals surface area (Å²) < 4.78 is 5.93. The Bertz CT molecular complexity index is 1040. The van der Waals surface area contributed by atoms with E-state index in [4.69, 9.17) is 0 Å². The van der Waals surface area contributed by atoms with Gasteiger partial charge in [-0.1, -0.05) is 0 Å². The fraction of sp³-hybridized carbons (Fsp3) is 0.300. The number of nitro groups is 1. The van der Waals surface area contributed by atoms with Crippen LogP contribution in [0.5, 0.6) is 0 Å². The van der Waals surface area contributed by atoms with Gasteiger partial charge < -0.3 is 0 Å². The number of fused-ring (bicyclic) bond motifs is 1. The molecule has 1 aromatic heterocycles. The van der Waals surface area contributed by atoms with Crippen LogP contribution in [0.25, 0.3) is 11.0 Å². The number of carbonyl (C=O) groups excluding carboxylic acids is 2. The average molecular weight is 475 g/mol. The second kappa shape index (κ2) is 10.6. The number of amides is 1. The Morgan fingerprint density at radius 3 is 2.53 bits per heavy atom. The molecule has 2 aromatic carbocycles. The molecule has 0 saturated carbocycles. The van der Waals surface area contributed by atoms with E-state index in [1.54, 1.807) is 6.07 Å². The number of hydrogen-bond donors (Lipinski definition) is 1. The summed E-state index contributed by atoms with van der Waals surface area (Å²) in [7, 11) is 0. The van der Waals surface area contributed by atoms with Crippen molar-refractivity contribution >= 4 is 46.7 Å². The number of unbranched alkanes of at least 4 members (excludes halogenated alkanes) is 1. The quantitative estimate of drug-likeness (QED) is 0.194. The van der Waals surface area contributed by atoms with E-state index < -0.39 is 4.92 Å². The van der Waals surface area contributed by atoms with Gasteiger partial charge in [-0.15, -0.1) is 0 Å². The summed E-state index contributed by atoms with van der Waals surface area (Å²) in [6.07, 6.45) is 2.63. The predicted molar refractivity (Wildman–Crippen MR) is 110 cm³/mol. The maximum absolute atomic E-state index is 12.0. The van der Waals surface area contributed by atoms with E-state index >= 15 is 0 Å². The molecule has 1 heterocycles. The molecule has 0 spiro atoms. The van der Waals surface area contributed by atoms with Crippen LogP contribution in [0.2, 0.25) is 0 Å². The second-order valence-corrected chi connectivity index (χ2v) is 8.93. The van der Waals surface area contributed by atoms with Crippen LogP contribution >= 0.6 is 0 Å². The third-order valence-corrected chi connectivity index (χ3v) is 6.37. The van der Waals surface area contributed by atoms with Crippen LogP contribution in [0.15, 0.2) is 47.1 Å². The van der Waals surface area contributed by atoms with E-state index in [1.807, 2.05) is 30.3 Å². The van der Waals surface area contributed by atoms with Crippen LogP contribution in [-0.4, -0.2) is 47.3 Å². The molecule has 9 nitrogen and oxygen atoms in total. The fourth-order valence-corrected chi connectivity index (χ4v) is 4.59. The van der Waals surface area contributed by atoms with E-state index in [0.717, 1.165) is 4.46 Å². The molecule has 0 aliphatic rings. The Hall–Kier alpha value is -3.10. The number of non-ortho nitro benzene ring substituents is 1. The molecule has 0 atom stereocenters. The van der Waals surface area contributed by atoms with E-state index in [-0.39, 0.29) is 36.7 Å². The second-order valence-electron chi connectivity index (χ2n) is 6.56.